The third kappa shape index (κ3) is 4.80. The van der Waals surface area contributed by atoms with Crippen molar-refractivity contribution in [1.29, 1.82) is 0 Å². The van der Waals surface area contributed by atoms with Crippen LogP contribution in [0, 0.1) is 13.8 Å². The molecule has 34 heavy (non-hydrogen) atoms. The molecular weight excluding hydrogens is 432 g/mol. The molecule has 2 aliphatic heterocycles. The molecule has 7 nitrogen and oxygen atoms in total. The van der Waals surface area contributed by atoms with Crippen molar-refractivity contribution >= 4 is 5.91 Å². The van der Waals surface area contributed by atoms with Crippen LogP contribution in [0.1, 0.15) is 46.6 Å². The van der Waals surface area contributed by atoms with Gasteiger partial charge in [-0.05, 0) is 57.0 Å². The number of carbonyl (C=O) groups is 1. The first-order valence-corrected chi connectivity index (χ1v) is 11.8. The highest BCUT2D eigenvalue weighted by molar-refractivity contribution is 5.94. The summed E-state index contributed by atoms with van der Waals surface area (Å²) in [5, 5.41) is 3.96. The minimum absolute atomic E-state index is 0.0210. The van der Waals surface area contributed by atoms with Gasteiger partial charge in [-0.1, -0.05) is 29.4 Å². The van der Waals surface area contributed by atoms with Crippen LogP contribution in [0.25, 0.3) is 0 Å². The largest absolute Gasteiger partial charge is 0.489 e. The first-order valence-electron chi connectivity index (χ1n) is 11.8. The SMILES string of the molecule is Cc1noc(C)c1COc1cccc(C(=O)N2CCC3(CC2)CC(Oc2ccccc2)CO3)c1. The van der Waals surface area contributed by atoms with E-state index in [1.165, 1.54) is 0 Å². The van der Waals surface area contributed by atoms with Crippen LogP contribution in [0.4, 0.5) is 0 Å². The van der Waals surface area contributed by atoms with Crippen LogP contribution in [-0.4, -0.2) is 47.4 Å². The van der Waals surface area contributed by atoms with Crippen molar-refractivity contribution in [2.45, 2.75) is 51.4 Å². The second-order valence-corrected chi connectivity index (χ2v) is 9.16. The van der Waals surface area contributed by atoms with Crippen LogP contribution in [0.15, 0.2) is 59.1 Å². The fourth-order valence-corrected chi connectivity index (χ4v) is 4.80. The van der Waals surface area contributed by atoms with Crippen molar-refractivity contribution in [3.05, 3.63) is 77.2 Å². The maximum absolute atomic E-state index is 13.2. The number of aromatic nitrogens is 1. The molecule has 2 aliphatic rings. The summed E-state index contributed by atoms with van der Waals surface area (Å²) >= 11 is 0. The van der Waals surface area contributed by atoms with Crippen molar-refractivity contribution in [3.8, 4) is 11.5 Å². The maximum atomic E-state index is 13.2. The van der Waals surface area contributed by atoms with Crippen LogP contribution in [0.2, 0.25) is 0 Å². The highest BCUT2D eigenvalue weighted by Gasteiger charge is 2.44. The molecule has 0 radical (unpaired) electrons. The molecule has 1 unspecified atom stereocenters. The minimum atomic E-state index is -0.199. The van der Waals surface area contributed by atoms with Gasteiger partial charge in [0, 0.05) is 25.1 Å². The number of amides is 1. The highest BCUT2D eigenvalue weighted by Crippen LogP contribution is 2.37. The summed E-state index contributed by atoms with van der Waals surface area (Å²) in [6.07, 6.45) is 2.54. The molecule has 3 heterocycles. The molecule has 1 spiro atoms. The molecule has 0 saturated carbocycles. The third-order valence-electron chi connectivity index (χ3n) is 6.83. The van der Waals surface area contributed by atoms with E-state index in [1.807, 2.05) is 67.3 Å². The fourth-order valence-electron chi connectivity index (χ4n) is 4.80. The zero-order valence-corrected chi connectivity index (χ0v) is 19.7. The number of rotatable bonds is 6. The summed E-state index contributed by atoms with van der Waals surface area (Å²) in [7, 11) is 0. The summed E-state index contributed by atoms with van der Waals surface area (Å²) in [6.45, 7) is 6.04. The average Bonchev–Trinajstić information content (AvgIpc) is 3.40. The molecule has 2 saturated heterocycles. The molecule has 3 aromatic rings. The normalized spacial score (nSPS) is 19.4. The first kappa shape index (κ1) is 22.5. The van der Waals surface area contributed by atoms with Crippen molar-refractivity contribution in [2.75, 3.05) is 19.7 Å². The second kappa shape index (κ2) is 9.50. The first-order chi connectivity index (χ1) is 16.5. The third-order valence-corrected chi connectivity index (χ3v) is 6.83. The molecule has 7 heteroatoms. The molecule has 0 N–H and O–H groups in total. The van der Waals surface area contributed by atoms with E-state index in [-0.39, 0.29) is 17.6 Å². The summed E-state index contributed by atoms with van der Waals surface area (Å²) in [6, 6.07) is 17.2. The lowest BCUT2D eigenvalue weighted by molar-refractivity contribution is -0.0395. The fraction of sp³-hybridized carbons (Fsp3) is 0.407. The number of para-hydroxylation sites is 1. The standard InChI is InChI=1S/C27H30N2O5/c1-19-25(20(2)34-28-19)18-31-23-10-6-7-21(15-23)26(30)29-13-11-27(12-14-29)16-24(17-32-27)33-22-8-4-3-5-9-22/h3-10,15,24H,11-14,16-18H2,1-2H3. The topological polar surface area (TPSA) is 74.0 Å². The molecule has 0 aliphatic carbocycles. The van der Waals surface area contributed by atoms with Crippen LogP contribution >= 0.6 is 0 Å². The number of likely N-dealkylation sites (tertiary alicyclic amines) is 1. The Morgan fingerprint density at radius 2 is 1.85 bits per heavy atom. The van der Waals surface area contributed by atoms with Gasteiger partial charge < -0.3 is 23.6 Å². The maximum Gasteiger partial charge on any atom is 0.253 e. The molecule has 1 aromatic heterocycles. The van der Waals surface area contributed by atoms with Crippen molar-refractivity contribution < 1.29 is 23.5 Å². The lowest BCUT2D eigenvalue weighted by Crippen LogP contribution is -2.46. The van der Waals surface area contributed by atoms with Gasteiger partial charge in [-0.2, -0.15) is 0 Å². The molecular formula is C27H30N2O5. The quantitative estimate of drug-likeness (QED) is 0.528. The Kier molecular flexibility index (Phi) is 6.28. The molecule has 1 amide bonds. The number of hydrogen-bond donors (Lipinski definition) is 0. The number of carbonyl (C=O) groups excluding carboxylic acids is 1. The number of piperidine rings is 1. The molecule has 2 aromatic carbocycles. The van der Waals surface area contributed by atoms with Crippen LogP contribution in [0.3, 0.4) is 0 Å². The lowest BCUT2D eigenvalue weighted by Gasteiger charge is -2.38. The predicted molar refractivity (Wildman–Crippen MR) is 126 cm³/mol. The number of ether oxygens (including phenoxy) is 3. The number of nitrogens with zero attached hydrogens (tertiary/aromatic N) is 2. The minimum Gasteiger partial charge on any atom is -0.489 e. The molecule has 0 bridgehead atoms. The Bertz CT molecular complexity index is 1120. The van der Waals surface area contributed by atoms with Gasteiger partial charge in [0.1, 0.15) is 30.0 Å². The van der Waals surface area contributed by atoms with Gasteiger partial charge in [0.2, 0.25) is 0 Å². The van der Waals surface area contributed by atoms with E-state index in [1.54, 1.807) is 6.07 Å². The van der Waals surface area contributed by atoms with E-state index in [0.29, 0.717) is 37.6 Å². The Hall–Kier alpha value is -3.32. The van der Waals surface area contributed by atoms with Gasteiger partial charge in [-0.3, -0.25) is 4.79 Å². The Labute approximate surface area is 199 Å². The molecule has 1 atom stereocenters. The Morgan fingerprint density at radius 1 is 1.09 bits per heavy atom. The van der Waals surface area contributed by atoms with Crippen LogP contribution in [0.5, 0.6) is 11.5 Å². The van der Waals surface area contributed by atoms with Gasteiger partial charge in [-0.15, -0.1) is 0 Å². The smallest absolute Gasteiger partial charge is 0.253 e. The van der Waals surface area contributed by atoms with Gasteiger partial charge >= 0.3 is 0 Å². The number of aryl methyl sites for hydroxylation is 2. The van der Waals surface area contributed by atoms with Crippen molar-refractivity contribution in [1.82, 2.24) is 10.1 Å². The van der Waals surface area contributed by atoms with Crippen molar-refractivity contribution in [3.63, 3.8) is 0 Å². The van der Waals surface area contributed by atoms with E-state index < -0.39 is 0 Å². The van der Waals surface area contributed by atoms with E-state index in [0.717, 1.165) is 42.0 Å². The van der Waals surface area contributed by atoms with Crippen LogP contribution < -0.4 is 9.47 Å². The zero-order valence-electron chi connectivity index (χ0n) is 19.7. The molecule has 2 fully saturated rings. The van der Waals surface area contributed by atoms with E-state index in [4.69, 9.17) is 18.7 Å². The molecule has 178 valence electrons. The van der Waals surface area contributed by atoms with Gasteiger partial charge in [0.25, 0.3) is 5.91 Å². The van der Waals surface area contributed by atoms with Crippen molar-refractivity contribution in [2.24, 2.45) is 0 Å². The Morgan fingerprint density at radius 3 is 2.59 bits per heavy atom. The summed E-state index contributed by atoms with van der Waals surface area (Å²) in [5.41, 5.74) is 2.18. The zero-order chi connectivity index (χ0) is 23.5. The van der Waals surface area contributed by atoms with Gasteiger partial charge in [-0.25, -0.2) is 0 Å². The highest BCUT2D eigenvalue weighted by atomic mass is 16.6. The lowest BCUT2D eigenvalue weighted by atomic mass is 9.87. The van der Waals surface area contributed by atoms with Gasteiger partial charge in [0.15, 0.2) is 0 Å². The van der Waals surface area contributed by atoms with Crippen LogP contribution in [-0.2, 0) is 11.3 Å². The Balaban J connectivity index is 1.16. The van der Waals surface area contributed by atoms with E-state index in [9.17, 15) is 4.79 Å². The average molecular weight is 463 g/mol. The summed E-state index contributed by atoms with van der Waals surface area (Å²) < 4.78 is 23.4. The molecule has 5 rings (SSSR count). The van der Waals surface area contributed by atoms with Gasteiger partial charge in [0.05, 0.1) is 23.5 Å². The van der Waals surface area contributed by atoms with E-state index >= 15 is 0 Å². The number of benzene rings is 2. The summed E-state index contributed by atoms with van der Waals surface area (Å²) in [5.74, 6) is 2.29. The van der Waals surface area contributed by atoms with E-state index in [2.05, 4.69) is 5.16 Å². The number of hydrogen-bond acceptors (Lipinski definition) is 6. The summed E-state index contributed by atoms with van der Waals surface area (Å²) in [4.78, 5) is 15.1. The second-order valence-electron chi connectivity index (χ2n) is 9.16. The predicted octanol–water partition coefficient (Wildman–Crippen LogP) is 4.71. The monoisotopic (exact) mass is 462 g/mol.